The maximum absolute atomic E-state index is 11.3. The van der Waals surface area contributed by atoms with Gasteiger partial charge in [-0.25, -0.2) is 0 Å². The minimum absolute atomic E-state index is 0. The van der Waals surface area contributed by atoms with Crippen LogP contribution in [0.4, 0.5) is 11.4 Å². The van der Waals surface area contributed by atoms with Crippen molar-refractivity contribution in [2.45, 2.75) is 26.4 Å². The Morgan fingerprint density at radius 2 is 1.92 bits per heavy atom. The molecule has 0 atom stereocenters. The summed E-state index contributed by atoms with van der Waals surface area (Å²) in [5, 5.41) is 14.4. The van der Waals surface area contributed by atoms with Crippen LogP contribution < -0.4 is 11.1 Å². The lowest BCUT2D eigenvalue weighted by Crippen LogP contribution is -2.16. The molecule has 7 heteroatoms. The Labute approximate surface area is 147 Å². The molecular formula is C17H21ClN4O2. The predicted molar refractivity (Wildman–Crippen MR) is 100.0 cm³/mol. The van der Waals surface area contributed by atoms with Gasteiger partial charge in [0.2, 0.25) is 0 Å². The van der Waals surface area contributed by atoms with Gasteiger partial charge in [-0.1, -0.05) is 30.3 Å². The van der Waals surface area contributed by atoms with Crippen molar-refractivity contribution in [1.29, 1.82) is 0 Å². The summed E-state index contributed by atoms with van der Waals surface area (Å²) in [6, 6.07) is 14.6. The molecule has 0 aliphatic rings. The van der Waals surface area contributed by atoms with Crippen LogP contribution in [0, 0.1) is 10.1 Å². The molecule has 2 aromatic carbocycles. The topological polar surface area (TPSA) is 93.5 Å². The van der Waals surface area contributed by atoms with Gasteiger partial charge in [0.15, 0.2) is 0 Å². The molecule has 0 heterocycles. The normalized spacial score (nSPS) is 11.0. The van der Waals surface area contributed by atoms with E-state index in [0.29, 0.717) is 23.6 Å². The second kappa shape index (κ2) is 8.88. The number of hydrogen-bond donors (Lipinski definition) is 2. The second-order valence-corrected chi connectivity index (χ2v) is 5.44. The van der Waals surface area contributed by atoms with Crippen LogP contribution in [0.5, 0.6) is 0 Å². The van der Waals surface area contributed by atoms with Crippen molar-refractivity contribution in [1.82, 2.24) is 0 Å². The Bertz CT molecular complexity index is 718. The van der Waals surface area contributed by atoms with Gasteiger partial charge in [-0.05, 0) is 31.5 Å². The Morgan fingerprint density at radius 1 is 1.25 bits per heavy atom. The Balaban J connectivity index is 0.00000288. The SMILES string of the molecule is CC(C)N=C(N)c1ccc(NCc2ccccc2)c([N+](=O)[O-])c1.Cl. The number of nitro benzene ring substituents is 1. The molecule has 0 amide bonds. The van der Waals surface area contributed by atoms with Gasteiger partial charge in [0.05, 0.1) is 4.92 Å². The molecule has 0 saturated carbocycles. The molecule has 0 aromatic heterocycles. The van der Waals surface area contributed by atoms with E-state index in [-0.39, 0.29) is 24.1 Å². The van der Waals surface area contributed by atoms with Gasteiger partial charge in [-0.3, -0.25) is 15.1 Å². The molecule has 0 bridgehead atoms. The van der Waals surface area contributed by atoms with Crippen LogP contribution in [-0.2, 0) is 6.54 Å². The third-order valence-electron chi connectivity index (χ3n) is 3.21. The van der Waals surface area contributed by atoms with Crippen molar-refractivity contribution in [2.75, 3.05) is 5.32 Å². The van der Waals surface area contributed by atoms with Crippen LogP contribution in [0.3, 0.4) is 0 Å². The number of nitro groups is 1. The highest BCUT2D eigenvalue weighted by Crippen LogP contribution is 2.26. The first-order valence-electron chi connectivity index (χ1n) is 7.37. The van der Waals surface area contributed by atoms with Gasteiger partial charge in [-0.15, -0.1) is 12.4 Å². The highest BCUT2D eigenvalue weighted by Gasteiger charge is 2.15. The highest BCUT2D eigenvalue weighted by atomic mass is 35.5. The Kier molecular flexibility index (Phi) is 7.20. The molecule has 2 rings (SSSR count). The number of hydrogen-bond acceptors (Lipinski definition) is 4. The van der Waals surface area contributed by atoms with Gasteiger partial charge >= 0.3 is 0 Å². The summed E-state index contributed by atoms with van der Waals surface area (Å²) in [6.45, 7) is 4.31. The number of anilines is 1. The Hall–Kier alpha value is -2.60. The van der Waals surface area contributed by atoms with E-state index in [1.54, 1.807) is 12.1 Å². The number of nitrogens with zero attached hydrogens (tertiary/aromatic N) is 2. The van der Waals surface area contributed by atoms with Crippen LogP contribution in [0.25, 0.3) is 0 Å². The molecular weight excluding hydrogens is 328 g/mol. The quantitative estimate of drug-likeness (QED) is 0.360. The van der Waals surface area contributed by atoms with Crippen molar-refractivity contribution in [3.8, 4) is 0 Å². The van der Waals surface area contributed by atoms with Gasteiger partial charge < -0.3 is 11.1 Å². The van der Waals surface area contributed by atoms with Crippen LogP contribution in [-0.4, -0.2) is 16.8 Å². The molecule has 3 N–H and O–H groups in total. The molecule has 0 unspecified atom stereocenters. The van der Waals surface area contributed by atoms with E-state index < -0.39 is 4.92 Å². The third kappa shape index (κ3) is 5.24. The fourth-order valence-corrected chi connectivity index (χ4v) is 2.14. The van der Waals surface area contributed by atoms with Crippen molar-refractivity contribution < 1.29 is 4.92 Å². The number of aliphatic imine (C=N–C) groups is 1. The summed E-state index contributed by atoms with van der Waals surface area (Å²) in [6.07, 6.45) is 0. The molecule has 2 aromatic rings. The fraction of sp³-hybridized carbons (Fsp3) is 0.235. The number of amidine groups is 1. The summed E-state index contributed by atoms with van der Waals surface area (Å²) >= 11 is 0. The van der Waals surface area contributed by atoms with E-state index in [2.05, 4.69) is 10.3 Å². The van der Waals surface area contributed by atoms with Crippen LogP contribution in [0.1, 0.15) is 25.0 Å². The minimum Gasteiger partial charge on any atom is -0.383 e. The predicted octanol–water partition coefficient (Wildman–Crippen LogP) is 3.74. The maximum atomic E-state index is 11.3. The first-order chi connectivity index (χ1) is 11.0. The summed E-state index contributed by atoms with van der Waals surface area (Å²) < 4.78 is 0. The number of nitrogens with one attached hydrogen (secondary N) is 1. The average molecular weight is 349 g/mol. The highest BCUT2D eigenvalue weighted by molar-refractivity contribution is 5.98. The van der Waals surface area contributed by atoms with Crippen molar-refractivity contribution >= 4 is 29.6 Å². The van der Waals surface area contributed by atoms with E-state index >= 15 is 0 Å². The smallest absolute Gasteiger partial charge is 0.293 e. The third-order valence-corrected chi connectivity index (χ3v) is 3.21. The molecule has 0 spiro atoms. The lowest BCUT2D eigenvalue weighted by molar-refractivity contribution is -0.384. The summed E-state index contributed by atoms with van der Waals surface area (Å²) in [4.78, 5) is 15.1. The van der Waals surface area contributed by atoms with Gasteiger partial charge in [-0.2, -0.15) is 0 Å². The Morgan fingerprint density at radius 3 is 2.50 bits per heavy atom. The number of nitrogens with two attached hydrogens (primary N) is 1. The lowest BCUT2D eigenvalue weighted by Gasteiger charge is -2.09. The van der Waals surface area contributed by atoms with E-state index in [1.807, 2.05) is 44.2 Å². The number of rotatable bonds is 6. The largest absolute Gasteiger partial charge is 0.383 e. The number of benzene rings is 2. The van der Waals surface area contributed by atoms with Crippen LogP contribution in [0.15, 0.2) is 53.5 Å². The minimum atomic E-state index is -0.417. The lowest BCUT2D eigenvalue weighted by atomic mass is 10.1. The van der Waals surface area contributed by atoms with Crippen molar-refractivity contribution in [3.63, 3.8) is 0 Å². The number of halogens is 1. The molecule has 128 valence electrons. The molecule has 6 nitrogen and oxygen atoms in total. The zero-order valence-electron chi connectivity index (χ0n) is 13.6. The van der Waals surface area contributed by atoms with E-state index in [9.17, 15) is 10.1 Å². The molecule has 0 radical (unpaired) electrons. The fourth-order valence-electron chi connectivity index (χ4n) is 2.14. The molecule has 0 aliphatic carbocycles. The second-order valence-electron chi connectivity index (χ2n) is 5.44. The zero-order chi connectivity index (χ0) is 16.8. The van der Waals surface area contributed by atoms with Crippen molar-refractivity contribution in [2.24, 2.45) is 10.7 Å². The molecule has 0 saturated heterocycles. The van der Waals surface area contributed by atoms with E-state index in [4.69, 9.17) is 5.73 Å². The van der Waals surface area contributed by atoms with Crippen LogP contribution >= 0.6 is 12.4 Å². The summed E-state index contributed by atoms with van der Waals surface area (Å²) in [5.41, 5.74) is 7.93. The molecule has 24 heavy (non-hydrogen) atoms. The molecule has 0 aliphatic heterocycles. The van der Waals surface area contributed by atoms with Crippen molar-refractivity contribution in [3.05, 3.63) is 69.8 Å². The first-order valence-corrected chi connectivity index (χ1v) is 7.37. The standard InChI is InChI=1S/C17H20N4O2.ClH/c1-12(2)20-17(18)14-8-9-15(16(10-14)21(22)23)19-11-13-6-4-3-5-7-13;/h3-10,12,19H,11H2,1-2H3,(H2,18,20);1H. The van der Waals surface area contributed by atoms with E-state index in [0.717, 1.165) is 5.56 Å². The monoisotopic (exact) mass is 348 g/mol. The zero-order valence-corrected chi connectivity index (χ0v) is 14.4. The molecule has 0 fully saturated rings. The first kappa shape index (κ1) is 19.4. The average Bonchev–Trinajstić information content (AvgIpc) is 2.53. The summed E-state index contributed by atoms with van der Waals surface area (Å²) in [7, 11) is 0. The van der Waals surface area contributed by atoms with Gasteiger partial charge in [0.25, 0.3) is 5.69 Å². The van der Waals surface area contributed by atoms with Gasteiger partial charge in [0.1, 0.15) is 11.5 Å². The summed E-state index contributed by atoms with van der Waals surface area (Å²) in [5.74, 6) is 0.303. The van der Waals surface area contributed by atoms with Crippen LogP contribution in [0.2, 0.25) is 0 Å². The maximum Gasteiger partial charge on any atom is 0.293 e. The van der Waals surface area contributed by atoms with E-state index in [1.165, 1.54) is 6.07 Å². The van der Waals surface area contributed by atoms with Gasteiger partial charge in [0, 0.05) is 24.2 Å².